The normalized spacial score (nSPS) is 27.2. The van der Waals surface area contributed by atoms with Crippen molar-refractivity contribution in [1.82, 2.24) is 10.3 Å². The number of nitrogens with zero attached hydrogens (tertiary/aromatic N) is 1. The van der Waals surface area contributed by atoms with Gasteiger partial charge in [0.05, 0.1) is 6.54 Å². The molecule has 0 spiro atoms. The highest BCUT2D eigenvalue weighted by Crippen LogP contribution is 2.36. The van der Waals surface area contributed by atoms with Gasteiger partial charge in [-0.2, -0.15) is 0 Å². The third-order valence-electron chi connectivity index (χ3n) is 4.50. The van der Waals surface area contributed by atoms with Gasteiger partial charge in [-0.15, -0.1) is 0 Å². The molecule has 1 aromatic heterocycles. The van der Waals surface area contributed by atoms with Crippen LogP contribution in [-0.2, 0) is 6.54 Å². The molecule has 5 heteroatoms. The topological polar surface area (TPSA) is 71.5 Å². The van der Waals surface area contributed by atoms with E-state index < -0.39 is 0 Å². The quantitative estimate of drug-likeness (QED) is 0.494. The monoisotopic (exact) mass is 263 g/mol. The van der Waals surface area contributed by atoms with Crippen LogP contribution in [0.2, 0.25) is 0 Å². The number of hydrazine groups is 1. The Labute approximate surface area is 113 Å². The molecule has 3 N–H and O–H groups in total. The summed E-state index contributed by atoms with van der Waals surface area (Å²) in [6.45, 7) is 1.95. The van der Waals surface area contributed by atoms with Crippen molar-refractivity contribution in [3.63, 3.8) is 0 Å². The van der Waals surface area contributed by atoms with E-state index >= 15 is 0 Å². The largest absolute Gasteiger partial charge is 0.455 e. The SMILES string of the molecule is NNC(=O)c1ccc(CN2CCC3CCCCC32)o1. The molecule has 1 saturated heterocycles. The van der Waals surface area contributed by atoms with Crippen molar-refractivity contribution in [2.24, 2.45) is 11.8 Å². The third kappa shape index (κ3) is 2.53. The Hall–Kier alpha value is -1.33. The van der Waals surface area contributed by atoms with Crippen molar-refractivity contribution in [1.29, 1.82) is 0 Å². The highest BCUT2D eigenvalue weighted by atomic mass is 16.4. The van der Waals surface area contributed by atoms with Crippen LogP contribution >= 0.6 is 0 Å². The summed E-state index contributed by atoms with van der Waals surface area (Å²) < 4.78 is 5.54. The Kier molecular flexibility index (Phi) is 3.57. The molecule has 19 heavy (non-hydrogen) atoms. The Morgan fingerprint density at radius 1 is 1.37 bits per heavy atom. The molecule has 3 rings (SSSR count). The fourth-order valence-corrected chi connectivity index (χ4v) is 3.56. The van der Waals surface area contributed by atoms with Gasteiger partial charge in [-0.3, -0.25) is 15.1 Å². The summed E-state index contributed by atoms with van der Waals surface area (Å²) in [5.41, 5.74) is 2.09. The number of nitrogens with two attached hydrogens (primary N) is 1. The summed E-state index contributed by atoms with van der Waals surface area (Å²) in [6, 6.07) is 4.28. The summed E-state index contributed by atoms with van der Waals surface area (Å²) in [7, 11) is 0. The molecule has 2 fully saturated rings. The summed E-state index contributed by atoms with van der Waals surface area (Å²) >= 11 is 0. The second-order valence-electron chi connectivity index (χ2n) is 5.61. The number of furan rings is 1. The lowest BCUT2D eigenvalue weighted by Gasteiger charge is -2.31. The number of fused-ring (bicyclic) bond motifs is 1. The maximum atomic E-state index is 11.3. The van der Waals surface area contributed by atoms with E-state index in [1.807, 2.05) is 6.07 Å². The van der Waals surface area contributed by atoms with Crippen LogP contribution in [0.3, 0.4) is 0 Å². The van der Waals surface area contributed by atoms with E-state index in [1.54, 1.807) is 6.07 Å². The maximum absolute atomic E-state index is 11.3. The Balaban J connectivity index is 1.65. The number of likely N-dealkylation sites (tertiary alicyclic amines) is 1. The van der Waals surface area contributed by atoms with Crippen molar-refractivity contribution in [3.05, 3.63) is 23.7 Å². The zero-order valence-corrected chi connectivity index (χ0v) is 11.1. The lowest BCUT2D eigenvalue weighted by molar-refractivity contribution is 0.0920. The molecule has 1 amide bonds. The fourth-order valence-electron chi connectivity index (χ4n) is 3.56. The molecule has 2 atom stereocenters. The first kappa shape index (κ1) is 12.7. The molecule has 2 unspecified atom stereocenters. The third-order valence-corrected chi connectivity index (χ3v) is 4.50. The van der Waals surface area contributed by atoms with Crippen LogP contribution in [-0.4, -0.2) is 23.4 Å². The summed E-state index contributed by atoms with van der Waals surface area (Å²) in [5.74, 6) is 6.73. The Bertz CT molecular complexity index is 457. The zero-order chi connectivity index (χ0) is 13.2. The fraction of sp³-hybridized carbons (Fsp3) is 0.643. The van der Waals surface area contributed by atoms with E-state index in [9.17, 15) is 4.79 Å². The molecule has 1 aliphatic heterocycles. The summed E-state index contributed by atoms with van der Waals surface area (Å²) in [5, 5.41) is 0. The second kappa shape index (κ2) is 5.35. The lowest BCUT2D eigenvalue weighted by atomic mass is 9.85. The highest BCUT2D eigenvalue weighted by molar-refractivity contribution is 5.90. The van der Waals surface area contributed by atoms with Crippen LogP contribution < -0.4 is 11.3 Å². The number of nitrogen functional groups attached to an aromatic ring is 1. The van der Waals surface area contributed by atoms with Gasteiger partial charge in [-0.1, -0.05) is 12.8 Å². The van der Waals surface area contributed by atoms with Crippen molar-refractivity contribution in [2.75, 3.05) is 6.54 Å². The van der Waals surface area contributed by atoms with Crippen LogP contribution in [0.15, 0.2) is 16.5 Å². The van der Waals surface area contributed by atoms with Crippen molar-refractivity contribution < 1.29 is 9.21 Å². The van der Waals surface area contributed by atoms with Crippen LogP contribution in [0.5, 0.6) is 0 Å². The van der Waals surface area contributed by atoms with E-state index in [0.29, 0.717) is 6.04 Å². The van der Waals surface area contributed by atoms with Gasteiger partial charge in [0.2, 0.25) is 0 Å². The van der Waals surface area contributed by atoms with Gasteiger partial charge in [-0.25, -0.2) is 5.84 Å². The number of amides is 1. The predicted molar refractivity (Wildman–Crippen MR) is 71.1 cm³/mol. The molecule has 1 saturated carbocycles. The van der Waals surface area contributed by atoms with Crippen LogP contribution in [0.25, 0.3) is 0 Å². The first-order valence-corrected chi connectivity index (χ1v) is 7.11. The number of hydrogen-bond donors (Lipinski definition) is 2. The van der Waals surface area contributed by atoms with Gasteiger partial charge in [-0.05, 0) is 43.9 Å². The number of carbonyl (C=O) groups is 1. The average molecular weight is 263 g/mol. The smallest absolute Gasteiger partial charge is 0.300 e. The predicted octanol–water partition coefficient (Wildman–Crippen LogP) is 1.65. The van der Waals surface area contributed by atoms with Crippen LogP contribution in [0.4, 0.5) is 0 Å². The Morgan fingerprint density at radius 3 is 3.05 bits per heavy atom. The number of nitrogens with one attached hydrogen (secondary N) is 1. The minimum absolute atomic E-state index is 0.289. The first-order valence-electron chi connectivity index (χ1n) is 7.11. The molecule has 1 aromatic rings. The van der Waals surface area contributed by atoms with Gasteiger partial charge >= 0.3 is 5.91 Å². The molecule has 5 nitrogen and oxygen atoms in total. The standard InChI is InChI=1S/C14H21N3O2/c15-16-14(18)13-6-5-11(19-13)9-17-8-7-10-3-1-2-4-12(10)17/h5-6,10,12H,1-4,7-9,15H2,(H,16,18). The van der Waals surface area contributed by atoms with Gasteiger partial charge in [0.15, 0.2) is 5.76 Å². The molecule has 0 radical (unpaired) electrons. The zero-order valence-electron chi connectivity index (χ0n) is 11.1. The molecule has 2 aliphatic rings. The van der Waals surface area contributed by atoms with Gasteiger partial charge < -0.3 is 4.42 Å². The van der Waals surface area contributed by atoms with E-state index in [1.165, 1.54) is 32.1 Å². The van der Waals surface area contributed by atoms with Crippen LogP contribution in [0.1, 0.15) is 48.4 Å². The number of carbonyl (C=O) groups excluding carboxylic acids is 1. The summed E-state index contributed by atoms with van der Waals surface area (Å²) in [6.07, 6.45) is 6.72. The minimum Gasteiger partial charge on any atom is -0.455 e. The average Bonchev–Trinajstić information content (AvgIpc) is 3.06. The molecule has 1 aliphatic carbocycles. The molecule has 2 heterocycles. The van der Waals surface area contributed by atoms with Crippen molar-refractivity contribution in [3.8, 4) is 0 Å². The second-order valence-corrected chi connectivity index (χ2v) is 5.61. The van der Waals surface area contributed by atoms with E-state index in [2.05, 4.69) is 10.3 Å². The van der Waals surface area contributed by atoms with Gasteiger partial charge in [0, 0.05) is 6.04 Å². The highest BCUT2D eigenvalue weighted by Gasteiger charge is 2.35. The summed E-state index contributed by atoms with van der Waals surface area (Å²) in [4.78, 5) is 13.9. The molecule has 0 bridgehead atoms. The Morgan fingerprint density at radius 2 is 2.21 bits per heavy atom. The maximum Gasteiger partial charge on any atom is 0.300 e. The number of hydrogen-bond acceptors (Lipinski definition) is 4. The number of rotatable bonds is 3. The first-order chi connectivity index (χ1) is 9.28. The van der Waals surface area contributed by atoms with E-state index in [0.717, 1.165) is 24.8 Å². The minimum atomic E-state index is -0.372. The molecule has 0 aromatic carbocycles. The van der Waals surface area contributed by atoms with Crippen LogP contribution in [0, 0.1) is 5.92 Å². The van der Waals surface area contributed by atoms with Crippen molar-refractivity contribution in [2.45, 2.75) is 44.7 Å². The van der Waals surface area contributed by atoms with E-state index in [-0.39, 0.29) is 11.7 Å². The molecular formula is C14H21N3O2. The molecule has 104 valence electrons. The molecular weight excluding hydrogens is 242 g/mol. The van der Waals surface area contributed by atoms with E-state index in [4.69, 9.17) is 10.3 Å². The van der Waals surface area contributed by atoms with Crippen molar-refractivity contribution >= 4 is 5.91 Å². The van der Waals surface area contributed by atoms with Gasteiger partial charge in [0.1, 0.15) is 5.76 Å². The van der Waals surface area contributed by atoms with Gasteiger partial charge in [0.25, 0.3) is 0 Å². The lowest BCUT2D eigenvalue weighted by Crippen LogP contribution is -2.34.